The van der Waals surface area contributed by atoms with Gasteiger partial charge in [-0.05, 0) is 36.9 Å². The van der Waals surface area contributed by atoms with Crippen LogP contribution in [0.5, 0.6) is 0 Å². The largest absolute Gasteiger partial charge is 0.347 e. The Bertz CT molecular complexity index is 786. The van der Waals surface area contributed by atoms with Crippen molar-refractivity contribution in [2.45, 2.75) is 6.54 Å². The number of halogens is 1. The van der Waals surface area contributed by atoms with E-state index < -0.39 is 0 Å². The number of nitrogens with zero attached hydrogens (tertiary/aromatic N) is 3. The highest BCUT2D eigenvalue weighted by Crippen LogP contribution is 2.10. The molecule has 1 aromatic heterocycles. The molecule has 2 heterocycles. The maximum atomic E-state index is 12.6. The highest BCUT2D eigenvalue weighted by Gasteiger charge is 2.22. The van der Waals surface area contributed by atoms with Gasteiger partial charge in [-0.3, -0.25) is 9.59 Å². The number of rotatable bonds is 4. The van der Waals surface area contributed by atoms with Crippen molar-refractivity contribution >= 4 is 23.4 Å². The van der Waals surface area contributed by atoms with Crippen LogP contribution in [0.15, 0.2) is 42.5 Å². The molecular formula is C19H21ClN4O2. The van der Waals surface area contributed by atoms with E-state index in [0.717, 1.165) is 18.7 Å². The molecule has 0 spiro atoms. The average Bonchev–Trinajstić information content (AvgIpc) is 2.67. The zero-order chi connectivity index (χ0) is 18.5. The van der Waals surface area contributed by atoms with Crippen molar-refractivity contribution in [3.63, 3.8) is 0 Å². The average molecular weight is 373 g/mol. The molecule has 2 amide bonds. The van der Waals surface area contributed by atoms with E-state index in [9.17, 15) is 9.59 Å². The predicted molar refractivity (Wildman–Crippen MR) is 100 cm³/mol. The van der Waals surface area contributed by atoms with Crippen molar-refractivity contribution in [1.29, 1.82) is 0 Å². The van der Waals surface area contributed by atoms with Crippen molar-refractivity contribution in [3.8, 4) is 0 Å². The van der Waals surface area contributed by atoms with Gasteiger partial charge in [-0.25, -0.2) is 4.98 Å². The topological polar surface area (TPSA) is 65.5 Å². The van der Waals surface area contributed by atoms with Gasteiger partial charge in [-0.2, -0.15) is 0 Å². The first-order chi connectivity index (χ1) is 12.5. The summed E-state index contributed by atoms with van der Waals surface area (Å²) in [5, 5.41) is 3.46. The highest BCUT2D eigenvalue weighted by atomic mass is 35.5. The molecule has 1 fully saturated rings. The molecule has 1 aliphatic heterocycles. The van der Waals surface area contributed by atoms with Crippen molar-refractivity contribution in [3.05, 3.63) is 64.4 Å². The number of amides is 2. The number of pyridine rings is 1. The van der Waals surface area contributed by atoms with E-state index in [1.165, 1.54) is 0 Å². The van der Waals surface area contributed by atoms with E-state index in [2.05, 4.69) is 15.2 Å². The summed E-state index contributed by atoms with van der Waals surface area (Å²) in [6, 6.07) is 12.2. The van der Waals surface area contributed by atoms with E-state index in [0.29, 0.717) is 30.4 Å². The standard InChI is InChI=1S/C19H21ClN4O2/c1-23-9-11-24(12-10-23)19(26)17-4-2-3-16(22-17)18(25)21-13-14-5-7-15(20)8-6-14/h2-8H,9-13H2,1H3,(H,21,25). The Labute approximate surface area is 157 Å². The van der Waals surface area contributed by atoms with Crippen LogP contribution in [0.25, 0.3) is 0 Å². The van der Waals surface area contributed by atoms with Gasteiger partial charge in [0.15, 0.2) is 0 Å². The third-order valence-electron chi connectivity index (χ3n) is 4.36. The van der Waals surface area contributed by atoms with Crippen molar-refractivity contribution < 1.29 is 9.59 Å². The van der Waals surface area contributed by atoms with Gasteiger partial charge in [0.05, 0.1) is 0 Å². The van der Waals surface area contributed by atoms with Gasteiger partial charge in [0.25, 0.3) is 11.8 Å². The van der Waals surface area contributed by atoms with Crippen LogP contribution in [0, 0.1) is 0 Å². The highest BCUT2D eigenvalue weighted by molar-refractivity contribution is 6.30. The predicted octanol–water partition coefficient (Wildman–Crippen LogP) is 2.05. The molecule has 26 heavy (non-hydrogen) atoms. The Morgan fingerprint density at radius 2 is 1.69 bits per heavy atom. The third kappa shape index (κ3) is 4.59. The van der Waals surface area contributed by atoms with Crippen LogP contribution in [0.3, 0.4) is 0 Å². The lowest BCUT2D eigenvalue weighted by molar-refractivity contribution is 0.0658. The minimum atomic E-state index is -0.312. The van der Waals surface area contributed by atoms with Gasteiger partial charge in [0.1, 0.15) is 11.4 Å². The van der Waals surface area contributed by atoms with Crippen molar-refractivity contribution in [1.82, 2.24) is 20.1 Å². The summed E-state index contributed by atoms with van der Waals surface area (Å²) in [5.41, 5.74) is 1.47. The van der Waals surface area contributed by atoms with E-state index in [4.69, 9.17) is 11.6 Å². The van der Waals surface area contributed by atoms with Crippen molar-refractivity contribution in [2.24, 2.45) is 0 Å². The van der Waals surface area contributed by atoms with Gasteiger partial charge in [0.2, 0.25) is 0 Å². The van der Waals surface area contributed by atoms with Gasteiger partial charge in [-0.1, -0.05) is 29.8 Å². The minimum Gasteiger partial charge on any atom is -0.347 e. The number of nitrogens with one attached hydrogen (secondary N) is 1. The fourth-order valence-corrected chi connectivity index (χ4v) is 2.85. The summed E-state index contributed by atoms with van der Waals surface area (Å²) in [7, 11) is 2.03. The maximum Gasteiger partial charge on any atom is 0.272 e. The third-order valence-corrected chi connectivity index (χ3v) is 4.61. The van der Waals surface area contributed by atoms with Crippen LogP contribution in [0.1, 0.15) is 26.5 Å². The molecule has 1 N–H and O–H groups in total. The maximum absolute atomic E-state index is 12.6. The lowest BCUT2D eigenvalue weighted by Crippen LogP contribution is -2.47. The molecular weight excluding hydrogens is 352 g/mol. The Hall–Kier alpha value is -2.44. The smallest absolute Gasteiger partial charge is 0.272 e. The van der Waals surface area contributed by atoms with Gasteiger partial charge < -0.3 is 15.1 Å². The van der Waals surface area contributed by atoms with Crippen LogP contribution >= 0.6 is 11.6 Å². The molecule has 1 aromatic carbocycles. The summed E-state index contributed by atoms with van der Waals surface area (Å²) < 4.78 is 0. The van der Waals surface area contributed by atoms with Crippen LogP contribution in [-0.2, 0) is 6.54 Å². The number of hydrogen-bond acceptors (Lipinski definition) is 4. The molecule has 0 bridgehead atoms. The molecule has 6 nitrogen and oxygen atoms in total. The molecule has 0 unspecified atom stereocenters. The second kappa shape index (κ2) is 8.29. The molecule has 0 saturated carbocycles. The molecule has 136 valence electrons. The van der Waals surface area contributed by atoms with Gasteiger partial charge in [-0.15, -0.1) is 0 Å². The number of piperazine rings is 1. The number of aromatic nitrogens is 1. The van der Waals surface area contributed by atoms with Gasteiger partial charge in [0, 0.05) is 37.7 Å². The Balaban J connectivity index is 1.63. The fourth-order valence-electron chi connectivity index (χ4n) is 2.73. The second-order valence-electron chi connectivity index (χ2n) is 6.31. The summed E-state index contributed by atoms with van der Waals surface area (Å²) in [6.45, 7) is 3.39. The molecule has 3 rings (SSSR count). The lowest BCUT2D eigenvalue weighted by Gasteiger charge is -2.32. The number of likely N-dealkylation sites (N-methyl/N-ethyl adjacent to an activating group) is 1. The quantitative estimate of drug-likeness (QED) is 0.892. The first-order valence-corrected chi connectivity index (χ1v) is 8.88. The van der Waals surface area contributed by atoms with Gasteiger partial charge >= 0.3 is 0 Å². The molecule has 1 aliphatic rings. The SMILES string of the molecule is CN1CCN(C(=O)c2cccc(C(=O)NCc3ccc(Cl)cc3)n2)CC1. The molecule has 0 radical (unpaired) electrons. The van der Waals surface area contributed by atoms with Crippen LogP contribution < -0.4 is 5.32 Å². The van der Waals surface area contributed by atoms with E-state index in [1.807, 2.05) is 19.2 Å². The Morgan fingerprint density at radius 3 is 2.38 bits per heavy atom. The second-order valence-corrected chi connectivity index (χ2v) is 6.75. The number of benzene rings is 1. The first kappa shape index (κ1) is 18.4. The van der Waals surface area contributed by atoms with Crippen LogP contribution in [0.4, 0.5) is 0 Å². The van der Waals surface area contributed by atoms with E-state index >= 15 is 0 Å². The summed E-state index contributed by atoms with van der Waals surface area (Å²) in [5.74, 6) is -0.446. The summed E-state index contributed by atoms with van der Waals surface area (Å²) in [6.07, 6.45) is 0. The van der Waals surface area contributed by atoms with E-state index in [-0.39, 0.29) is 17.5 Å². The monoisotopic (exact) mass is 372 g/mol. The molecule has 2 aromatic rings. The zero-order valence-corrected chi connectivity index (χ0v) is 15.4. The first-order valence-electron chi connectivity index (χ1n) is 8.50. The van der Waals surface area contributed by atoms with Crippen LogP contribution in [-0.4, -0.2) is 59.8 Å². The van der Waals surface area contributed by atoms with Crippen molar-refractivity contribution in [2.75, 3.05) is 33.2 Å². The van der Waals surface area contributed by atoms with Crippen LogP contribution in [0.2, 0.25) is 5.02 Å². The molecule has 7 heteroatoms. The Morgan fingerprint density at radius 1 is 1.04 bits per heavy atom. The molecule has 0 aliphatic carbocycles. The summed E-state index contributed by atoms with van der Waals surface area (Å²) in [4.78, 5) is 33.2. The zero-order valence-electron chi connectivity index (χ0n) is 14.6. The fraction of sp³-hybridized carbons (Fsp3) is 0.316. The lowest BCUT2D eigenvalue weighted by atomic mass is 10.2. The minimum absolute atomic E-state index is 0.134. The molecule has 0 atom stereocenters. The summed E-state index contributed by atoms with van der Waals surface area (Å²) >= 11 is 5.85. The number of carbonyl (C=O) groups is 2. The number of carbonyl (C=O) groups excluding carboxylic acids is 2. The Kier molecular flexibility index (Phi) is 5.85. The number of hydrogen-bond donors (Lipinski definition) is 1. The van der Waals surface area contributed by atoms with E-state index in [1.54, 1.807) is 35.2 Å². The normalized spacial score (nSPS) is 14.9. The molecule has 1 saturated heterocycles.